The number of aromatic nitrogens is 3. The first-order valence-corrected chi connectivity index (χ1v) is 29.0. The number of fused-ring (bicyclic) bond motifs is 10. The van der Waals surface area contributed by atoms with Crippen LogP contribution < -0.4 is 52.3 Å². The average molecular weight is 1060 g/mol. The van der Waals surface area contributed by atoms with E-state index in [0.29, 0.717) is 17.5 Å². The number of ether oxygens (including phenoxy) is 1. The predicted octanol–water partition coefficient (Wildman–Crippen LogP) is 14.4. The number of aryl methyl sites for hydroxylation is 4. The molecule has 394 valence electrons. The third-order valence-electron chi connectivity index (χ3n) is 18.9. The number of pyridine rings is 1. The van der Waals surface area contributed by atoms with E-state index >= 15 is 0 Å². The SMILES string of the molecule is Cc1cccc(C)c1-c1cc2c3c(c1)N(c1ccccc1)c1cc4c(cc1B3c1ccccc1N2c1ccc2c(c1)C(C)(C)CCC2(C)C)B1c2nc3ccccc3cc2Oc2nc(-c3c(C)cccc3C)nc(c21)N4c1ccccc1. The summed E-state index contributed by atoms with van der Waals surface area (Å²) in [6, 6.07) is 72.0. The molecule has 11 aromatic rings. The summed E-state index contributed by atoms with van der Waals surface area (Å²) in [5.41, 5.74) is 27.6. The van der Waals surface area contributed by atoms with Crippen molar-refractivity contribution in [2.24, 2.45) is 0 Å². The second-order valence-corrected chi connectivity index (χ2v) is 24.8. The minimum absolute atomic E-state index is 0.0163. The standard InChI is InChI=1S/C73H60B2N6O/c1-43-21-19-22-44(2)64(43)48-37-61-66-62(38-48)80(51-33-34-52-53(40-51)73(7,8)36-35-72(52,5)6)58-32-18-16-30-54(58)74(66)55-41-56-60(42-59(55)79(61)49-26-11-9-12-27-49)81(50-28-13-10-14-29-50)70-67-71(78-69(77-70)65-45(3)23-20-24-46(65)4)82-63-39-47-25-15-17-31-57(47)76-68(63)75(56)67/h9-34,37-42H,35-36H2,1-8H3. The second kappa shape index (κ2) is 17.6. The van der Waals surface area contributed by atoms with E-state index < -0.39 is 0 Å². The molecular weight excluding hydrogens is 998 g/mol. The average Bonchev–Trinajstić information content (AvgIpc) is 1.29. The fourth-order valence-electron chi connectivity index (χ4n) is 14.8. The van der Waals surface area contributed by atoms with Crippen molar-refractivity contribution in [3.8, 4) is 34.1 Å². The number of para-hydroxylation sites is 4. The summed E-state index contributed by atoms with van der Waals surface area (Å²) in [6.07, 6.45) is 2.30. The molecule has 9 heteroatoms. The van der Waals surface area contributed by atoms with Crippen LogP contribution in [0.2, 0.25) is 0 Å². The van der Waals surface area contributed by atoms with Crippen LogP contribution in [0.4, 0.5) is 51.3 Å². The highest BCUT2D eigenvalue weighted by atomic mass is 16.5. The molecule has 5 aliphatic rings. The fraction of sp³-hybridized carbons (Fsp3) is 0.164. The topological polar surface area (TPSA) is 57.6 Å². The van der Waals surface area contributed by atoms with E-state index in [1.54, 1.807) is 0 Å². The number of anilines is 9. The summed E-state index contributed by atoms with van der Waals surface area (Å²) in [5.74, 6) is 2.67. The number of hydrogen-bond donors (Lipinski definition) is 0. The first-order valence-electron chi connectivity index (χ1n) is 29.0. The molecule has 0 unspecified atom stereocenters. The first-order chi connectivity index (χ1) is 39.8. The maximum Gasteiger partial charge on any atom is 0.284 e. The molecule has 4 aliphatic heterocycles. The van der Waals surface area contributed by atoms with Crippen LogP contribution >= 0.6 is 0 Å². The zero-order valence-corrected chi connectivity index (χ0v) is 47.6. The molecule has 6 heterocycles. The van der Waals surface area contributed by atoms with Gasteiger partial charge in [0.15, 0.2) is 5.82 Å². The van der Waals surface area contributed by atoms with Crippen LogP contribution in [0, 0.1) is 27.7 Å². The maximum absolute atomic E-state index is 7.14. The highest BCUT2D eigenvalue weighted by Gasteiger charge is 2.50. The van der Waals surface area contributed by atoms with Gasteiger partial charge in [-0.05, 0) is 191 Å². The van der Waals surface area contributed by atoms with E-state index in [-0.39, 0.29) is 24.3 Å². The molecule has 0 atom stereocenters. The van der Waals surface area contributed by atoms with Gasteiger partial charge in [-0.1, -0.05) is 149 Å². The largest absolute Gasteiger partial charge is 0.438 e. The van der Waals surface area contributed by atoms with Gasteiger partial charge in [-0.15, -0.1) is 0 Å². The number of benzene rings is 9. The van der Waals surface area contributed by atoms with Crippen LogP contribution in [-0.2, 0) is 10.8 Å². The Kier molecular flexibility index (Phi) is 10.5. The van der Waals surface area contributed by atoms with Crippen molar-refractivity contribution in [1.29, 1.82) is 0 Å². The quantitative estimate of drug-likeness (QED) is 0.159. The van der Waals surface area contributed by atoms with Gasteiger partial charge in [0.1, 0.15) is 11.6 Å². The Bertz CT molecular complexity index is 4500. The van der Waals surface area contributed by atoms with Crippen molar-refractivity contribution in [3.63, 3.8) is 0 Å². The molecule has 0 N–H and O–H groups in total. The lowest BCUT2D eigenvalue weighted by Crippen LogP contribution is -2.65. The van der Waals surface area contributed by atoms with E-state index in [9.17, 15) is 0 Å². The molecule has 9 aromatic carbocycles. The summed E-state index contributed by atoms with van der Waals surface area (Å²) < 4.78 is 7.14. The molecule has 0 fully saturated rings. The van der Waals surface area contributed by atoms with Gasteiger partial charge < -0.3 is 14.5 Å². The van der Waals surface area contributed by atoms with Crippen LogP contribution in [0.15, 0.2) is 194 Å². The molecule has 0 radical (unpaired) electrons. The predicted molar refractivity (Wildman–Crippen MR) is 342 cm³/mol. The van der Waals surface area contributed by atoms with Gasteiger partial charge in [-0.25, -0.2) is 4.98 Å². The van der Waals surface area contributed by atoms with E-state index in [2.05, 4.69) is 264 Å². The van der Waals surface area contributed by atoms with Gasteiger partial charge in [0.05, 0.1) is 11.1 Å². The number of rotatable bonds is 5. The smallest absolute Gasteiger partial charge is 0.284 e. The molecule has 2 aromatic heterocycles. The van der Waals surface area contributed by atoms with Crippen LogP contribution in [0.25, 0.3) is 33.4 Å². The summed E-state index contributed by atoms with van der Waals surface area (Å²) in [4.78, 5) is 24.3. The summed E-state index contributed by atoms with van der Waals surface area (Å²) in [5, 5.41) is 1.01. The van der Waals surface area contributed by atoms with Gasteiger partial charge in [0.25, 0.3) is 13.4 Å². The molecule has 0 saturated heterocycles. The molecule has 0 saturated carbocycles. The normalized spacial score (nSPS) is 15.4. The molecular formula is C73H60B2N6O. The zero-order chi connectivity index (χ0) is 55.5. The van der Waals surface area contributed by atoms with Crippen molar-refractivity contribution in [2.45, 2.75) is 79.1 Å². The molecule has 0 bridgehead atoms. The Balaban J connectivity index is 1.03. The van der Waals surface area contributed by atoms with Crippen molar-refractivity contribution in [1.82, 2.24) is 15.0 Å². The third kappa shape index (κ3) is 7.08. The molecule has 0 amide bonds. The van der Waals surface area contributed by atoms with E-state index in [0.717, 1.165) is 91.2 Å². The van der Waals surface area contributed by atoms with Gasteiger partial charge in [0.2, 0.25) is 5.88 Å². The van der Waals surface area contributed by atoms with Crippen molar-refractivity contribution in [3.05, 3.63) is 228 Å². The zero-order valence-electron chi connectivity index (χ0n) is 47.6. The van der Waals surface area contributed by atoms with Gasteiger partial charge in [0, 0.05) is 61.9 Å². The van der Waals surface area contributed by atoms with Crippen LogP contribution in [0.5, 0.6) is 11.6 Å². The Hall–Kier alpha value is -9.20. The summed E-state index contributed by atoms with van der Waals surface area (Å²) in [6.45, 7) is 18.0. The lowest BCUT2D eigenvalue weighted by molar-refractivity contribution is 0.332. The molecule has 0 spiro atoms. The molecule has 16 rings (SSSR count). The van der Waals surface area contributed by atoms with Crippen LogP contribution in [0.1, 0.15) is 73.9 Å². The highest BCUT2D eigenvalue weighted by molar-refractivity contribution is 7.02. The molecule has 82 heavy (non-hydrogen) atoms. The van der Waals surface area contributed by atoms with Crippen LogP contribution in [-0.4, -0.2) is 28.4 Å². The number of hydrogen-bond acceptors (Lipinski definition) is 7. The Labute approximate surface area is 481 Å². The van der Waals surface area contributed by atoms with Gasteiger partial charge >= 0.3 is 0 Å². The lowest BCUT2D eigenvalue weighted by Gasteiger charge is -2.46. The number of nitrogens with zero attached hydrogens (tertiary/aromatic N) is 6. The summed E-state index contributed by atoms with van der Waals surface area (Å²) in [7, 11) is 0. The van der Waals surface area contributed by atoms with Crippen molar-refractivity contribution < 1.29 is 4.74 Å². The van der Waals surface area contributed by atoms with E-state index in [4.69, 9.17) is 19.7 Å². The minimum Gasteiger partial charge on any atom is -0.438 e. The third-order valence-corrected chi connectivity index (χ3v) is 18.9. The fourth-order valence-corrected chi connectivity index (χ4v) is 14.8. The Morgan fingerprint density at radius 1 is 0.427 bits per heavy atom. The molecule has 7 nitrogen and oxygen atoms in total. The van der Waals surface area contributed by atoms with Crippen molar-refractivity contribution >= 4 is 109 Å². The van der Waals surface area contributed by atoms with Crippen LogP contribution in [0.3, 0.4) is 0 Å². The minimum atomic E-state index is -0.374. The Morgan fingerprint density at radius 2 is 1.01 bits per heavy atom. The van der Waals surface area contributed by atoms with Gasteiger partial charge in [-0.3, -0.25) is 9.88 Å². The molecule has 1 aliphatic carbocycles. The maximum atomic E-state index is 7.14. The van der Waals surface area contributed by atoms with Crippen molar-refractivity contribution in [2.75, 3.05) is 14.7 Å². The lowest BCUT2D eigenvalue weighted by atomic mass is 9.31. The van der Waals surface area contributed by atoms with E-state index in [1.807, 2.05) is 0 Å². The Morgan fingerprint density at radius 3 is 1.72 bits per heavy atom. The first kappa shape index (κ1) is 48.7. The second-order valence-electron chi connectivity index (χ2n) is 24.8. The highest BCUT2D eigenvalue weighted by Crippen LogP contribution is 2.52. The monoisotopic (exact) mass is 1060 g/mol. The van der Waals surface area contributed by atoms with Gasteiger partial charge in [-0.2, -0.15) is 4.98 Å². The van der Waals surface area contributed by atoms with E-state index in [1.165, 1.54) is 66.8 Å². The summed E-state index contributed by atoms with van der Waals surface area (Å²) >= 11 is 0.